The van der Waals surface area contributed by atoms with Gasteiger partial charge in [-0.1, -0.05) is 30.7 Å². The van der Waals surface area contributed by atoms with E-state index in [1.807, 2.05) is 12.2 Å². The molecule has 0 radical (unpaired) electrons. The van der Waals surface area contributed by atoms with Crippen LogP contribution in [-0.2, 0) is 9.63 Å². The lowest BCUT2D eigenvalue weighted by Gasteiger charge is -2.57. The average molecular weight is 416 g/mol. The standard InChI is InChI=1S/C25H37NO4/c1-5-6-11-30-26-15(2)17-7-8-18-16-12-21(27)20-13-22(28)23(29)14-25(20,4)19(16)9-10-24(17,18)3/h5,12,17-20,22-23,28-29H,1,6-11,13-14H2,2-4H3/b26-15-/t17-,18-,19?,20+,22-,23+,24-,25-/m1/s1. The molecule has 4 rings (SSSR count). The molecule has 30 heavy (non-hydrogen) atoms. The van der Waals surface area contributed by atoms with Crippen molar-refractivity contribution >= 4 is 11.5 Å². The van der Waals surface area contributed by atoms with Crippen LogP contribution in [0.5, 0.6) is 0 Å². The number of carbonyl (C=O) groups excluding carboxylic acids is 1. The Morgan fingerprint density at radius 2 is 1.93 bits per heavy atom. The molecule has 3 fully saturated rings. The third-order valence-electron chi connectivity index (χ3n) is 9.05. The number of aliphatic hydroxyl groups is 2. The molecule has 4 aliphatic carbocycles. The zero-order chi connectivity index (χ0) is 21.7. The van der Waals surface area contributed by atoms with Crippen molar-refractivity contribution in [2.45, 2.75) is 77.9 Å². The fourth-order valence-corrected chi connectivity index (χ4v) is 7.43. The van der Waals surface area contributed by atoms with Crippen LogP contribution in [0.3, 0.4) is 0 Å². The molecule has 2 N–H and O–H groups in total. The monoisotopic (exact) mass is 415 g/mol. The molecule has 0 saturated heterocycles. The van der Waals surface area contributed by atoms with Crippen LogP contribution in [0.4, 0.5) is 0 Å². The van der Waals surface area contributed by atoms with E-state index in [4.69, 9.17) is 4.84 Å². The van der Waals surface area contributed by atoms with Crippen LogP contribution in [-0.4, -0.2) is 40.5 Å². The number of carbonyl (C=O) groups is 1. The van der Waals surface area contributed by atoms with Crippen molar-refractivity contribution in [3.63, 3.8) is 0 Å². The van der Waals surface area contributed by atoms with Crippen LogP contribution in [0.1, 0.15) is 65.7 Å². The van der Waals surface area contributed by atoms with Gasteiger partial charge in [-0.05, 0) is 74.2 Å². The van der Waals surface area contributed by atoms with E-state index in [0.29, 0.717) is 37.2 Å². The zero-order valence-electron chi connectivity index (χ0n) is 18.6. The number of oxime groups is 1. The van der Waals surface area contributed by atoms with E-state index in [1.165, 1.54) is 5.57 Å². The maximum Gasteiger partial charge on any atom is 0.159 e. The van der Waals surface area contributed by atoms with Gasteiger partial charge < -0.3 is 15.1 Å². The van der Waals surface area contributed by atoms with Gasteiger partial charge in [0.15, 0.2) is 5.78 Å². The van der Waals surface area contributed by atoms with Crippen LogP contribution in [0.15, 0.2) is 29.5 Å². The lowest BCUT2D eigenvalue weighted by Crippen LogP contribution is -2.55. The number of nitrogens with zero attached hydrogens (tertiary/aromatic N) is 1. The van der Waals surface area contributed by atoms with E-state index >= 15 is 0 Å². The Balaban J connectivity index is 1.60. The first-order chi connectivity index (χ1) is 14.2. The van der Waals surface area contributed by atoms with Crippen molar-refractivity contribution in [2.24, 2.45) is 39.7 Å². The number of hydrogen-bond donors (Lipinski definition) is 2. The lowest BCUT2D eigenvalue weighted by molar-refractivity contribution is -0.142. The average Bonchev–Trinajstić information content (AvgIpc) is 3.05. The van der Waals surface area contributed by atoms with E-state index in [1.54, 1.807) is 0 Å². The second-order valence-corrected chi connectivity index (χ2v) is 10.6. The number of hydrogen-bond acceptors (Lipinski definition) is 5. The molecule has 3 saturated carbocycles. The van der Waals surface area contributed by atoms with Gasteiger partial charge in [0.25, 0.3) is 0 Å². The highest BCUT2D eigenvalue weighted by Crippen LogP contribution is 2.65. The Hall–Kier alpha value is -1.46. The smallest absolute Gasteiger partial charge is 0.159 e. The summed E-state index contributed by atoms with van der Waals surface area (Å²) in [5.74, 6) is 1.05. The Bertz CT molecular complexity index is 773. The van der Waals surface area contributed by atoms with Crippen molar-refractivity contribution in [3.05, 3.63) is 24.3 Å². The number of allylic oxidation sites excluding steroid dienone is 2. The summed E-state index contributed by atoms with van der Waals surface area (Å²) in [4.78, 5) is 18.6. The first-order valence-corrected chi connectivity index (χ1v) is 11.6. The van der Waals surface area contributed by atoms with Gasteiger partial charge in [-0.3, -0.25) is 4.79 Å². The third-order valence-corrected chi connectivity index (χ3v) is 9.05. The highest BCUT2D eigenvalue weighted by atomic mass is 16.6. The summed E-state index contributed by atoms with van der Waals surface area (Å²) in [6.45, 7) is 10.9. The fraction of sp³-hybridized carbons (Fsp3) is 0.760. The van der Waals surface area contributed by atoms with Crippen molar-refractivity contribution in [3.8, 4) is 0 Å². The molecule has 0 aromatic rings. The normalized spacial score (nSPS) is 45.8. The Morgan fingerprint density at radius 1 is 1.20 bits per heavy atom. The van der Waals surface area contributed by atoms with Gasteiger partial charge in [0.05, 0.1) is 17.9 Å². The van der Waals surface area contributed by atoms with Crippen molar-refractivity contribution in [1.82, 2.24) is 0 Å². The third kappa shape index (κ3) is 3.29. The zero-order valence-corrected chi connectivity index (χ0v) is 18.6. The lowest BCUT2D eigenvalue weighted by atomic mass is 9.47. The van der Waals surface area contributed by atoms with Crippen LogP contribution >= 0.6 is 0 Å². The molecule has 166 valence electrons. The fourth-order valence-electron chi connectivity index (χ4n) is 7.43. The first-order valence-electron chi connectivity index (χ1n) is 11.6. The van der Waals surface area contributed by atoms with Gasteiger partial charge in [0.2, 0.25) is 0 Å². The molecule has 0 aliphatic heterocycles. The van der Waals surface area contributed by atoms with Crippen LogP contribution in [0, 0.1) is 34.5 Å². The summed E-state index contributed by atoms with van der Waals surface area (Å²) in [5, 5.41) is 25.0. The van der Waals surface area contributed by atoms with Crippen molar-refractivity contribution in [2.75, 3.05) is 6.61 Å². The second kappa shape index (κ2) is 7.90. The molecule has 0 aromatic heterocycles. The summed E-state index contributed by atoms with van der Waals surface area (Å²) in [5.41, 5.74) is 2.20. The van der Waals surface area contributed by atoms with E-state index in [0.717, 1.165) is 37.8 Å². The second-order valence-electron chi connectivity index (χ2n) is 10.6. The topological polar surface area (TPSA) is 79.1 Å². The number of aliphatic hydroxyl groups excluding tert-OH is 2. The Labute approximate surface area is 180 Å². The summed E-state index contributed by atoms with van der Waals surface area (Å²) in [6.07, 6.45) is 8.20. The minimum Gasteiger partial charge on any atom is -0.396 e. The largest absolute Gasteiger partial charge is 0.396 e. The molecule has 0 heterocycles. The highest BCUT2D eigenvalue weighted by Gasteiger charge is 2.60. The molecular formula is C25H37NO4. The molecule has 1 unspecified atom stereocenters. The Morgan fingerprint density at radius 3 is 2.67 bits per heavy atom. The predicted molar refractivity (Wildman–Crippen MR) is 117 cm³/mol. The summed E-state index contributed by atoms with van der Waals surface area (Å²) in [6, 6.07) is 0. The number of ketones is 1. The Kier molecular flexibility index (Phi) is 5.73. The van der Waals surface area contributed by atoms with Gasteiger partial charge in [0, 0.05) is 18.3 Å². The van der Waals surface area contributed by atoms with E-state index in [9.17, 15) is 15.0 Å². The van der Waals surface area contributed by atoms with Crippen LogP contribution in [0.25, 0.3) is 0 Å². The molecule has 5 nitrogen and oxygen atoms in total. The maximum absolute atomic E-state index is 13.1. The summed E-state index contributed by atoms with van der Waals surface area (Å²) in [7, 11) is 0. The van der Waals surface area contributed by atoms with Gasteiger partial charge >= 0.3 is 0 Å². The molecular weight excluding hydrogens is 378 g/mol. The van der Waals surface area contributed by atoms with E-state index in [-0.39, 0.29) is 22.5 Å². The molecule has 0 aromatic carbocycles. The quantitative estimate of drug-likeness (QED) is 0.307. The van der Waals surface area contributed by atoms with E-state index < -0.39 is 12.2 Å². The predicted octanol–water partition coefficient (Wildman–Crippen LogP) is 4.04. The maximum atomic E-state index is 13.1. The first kappa shape index (κ1) is 21.8. The summed E-state index contributed by atoms with van der Waals surface area (Å²) >= 11 is 0. The van der Waals surface area contributed by atoms with Crippen LogP contribution < -0.4 is 0 Å². The number of fused-ring (bicyclic) bond motifs is 5. The molecule has 4 aliphatic rings. The highest BCUT2D eigenvalue weighted by molar-refractivity contribution is 5.95. The molecule has 0 spiro atoms. The van der Waals surface area contributed by atoms with E-state index in [2.05, 4.69) is 32.5 Å². The van der Waals surface area contributed by atoms with Gasteiger partial charge in [-0.15, -0.1) is 6.58 Å². The van der Waals surface area contributed by atoms with Gasteiger partial charge in [-0.25, -0.2) is 0 Å². The molecule has 0 amide bonds. The summed E-state index contributed by atoms with van der Waals surface area (Å²) < 4.78 is 0. The van der Waals surface area contributed by atoms with Crippen molar-refractivity contribution in [1.29, 1.82) is 0 Å². The molecule has 5 heteroatoms. The molecule has 8 atom stereocenters. The molecule has 0 bridgehead atoms. The SMILES string of the molecule is C=CCCO/N=C(/C)[C@H]1CC[C@@H]2C3=CC(=O)[C@@H]4C[C@@H](O)[C@@H](O)C[C@]4(C)C3CC[C@@]21C. The van der Waals surface area contributed by atoms with Crippen molar-refractivity contribution < 1.29 is 19.8 Å². The van der Waals surface area contributed by atoms with Gasteiger partial charge in [0.1, 0.15) is 6.61 Å². The van der Waals surface area contributed by atoms with Crippen LogP contribution in [0.2, 0.25) is 0 Å². The minimum absolute atomic E-state index is 0.0913. The van der Waals surface area contributed by atoms with Gasteiger partial charge in [-0.2, -0.15) is 0 Å². The number of rotatable bonds is 5. The minimum atomic E-state index is -0.786.